The van der Waals surface area contributed by atoms with E-state index in [0.717, 1.165) is 51.0 Å². The third-order valence-corrected chi connectivity index (χ3v) is 8.08. The number of rotatable bonds is 17. The molecule has 0 aliphatic carbocycles. The molecule has 1 heterocycles. The van der Waals surface area contributed by atoms with Crippen LogP contribution in [0.1, 0.15) is 95.6 Å². The summed E-state index contributed by atoms with van der Waals surface area (Å²) in [5.74, 6) is 0.402. The van der Waals surface area contributed by atoms with E-state index in [1.807, 2.05) is 6.20 Å². The van der Waals surface area contributed by atoms with Crippen molar-refractivity contribution >= 4 is 45.2 Å². The third-order valence-electron chi connectivity index (χ3n) is 5.46. The molecule has 0 amide bonds. The van der Waals surface area contributed by atoms with Crippen LogP contribution in [0.2, 0.25) is 6.04 Å². The Morgan fingerprint density at radius 2 is 1.71 bits per heavy atom. The average molecular weight is 469 g/mol. The summed E-state index contributed by atoms with van der Waals surface area (Å²) in [7, 11) is 0. The second kappa shape index (κ2) is 14.8. The minimum atomic E-state index is -2.50. The highest BCUT2D eigenvalue weighted by Gasteiger charge is 2.25. The van der Waals surface area contributed by atoms with Crippen molar-refractivity contribution in [3.8, 4) is 0 Å². The molecule has 0 aromatic carbocycles. The highest BCUT2D eigenvalue weighted by molar-refractivity contribution is 7.64. The van der Waals surface area contributed by atoms with Crippen LogP contribution >= 0.6 is 33.2 Å². The highest BCUT2D eigenvalue weighted by atomic mass is 35.8. The normalized spacial score (nSPS) is 14.1. The lowest BCUT2D eigenvalue weighted by Gasteiger charge is -2.27. The average Bonchev–Trinajstić information content (AvgIpc) is 3.14. The first-order chi connectivity index (χ1) is 13.3. The molecule has 0 saturated carbocycles. The van der Waals surface area contributed by atoms with Crippen LogP contribution in [0, 0.1) is 5.92 Å². The molecule has 3 nitrogen and oxygen atoms in total. The van der Waals surface area contributed by atoms with Crippen LogP contribution in [0.15, 0.2) is 18.3 Å². The fourth-order valence-electron chi connectivity index (χ4n) is 3.97. The van der Waals surface area contributed by atoms with Gasteiger partial charge in [0.15, 0.2) is 0 Å². The summed E-state index contributed by atoms with van der Waals surface area (Å²) in [5, 5.41) is 8.91. The number of carboxylic acids is 1. The van der Waals surface area contributed by atoms with Gasteiger partial charge in [0.1, 0.15) is 0 Å². The number of carbonyl (C=O) groups is 1. The Bertz CT molecular complexity index is 520. The van der Waals surface area contributed by atoms with Gasteiger partial charge in [0.2, 0.25) is 0 Å². The maximum absolute atomic E-state index is 10.8. The maximum atomic E-state index is 10.8. The Hall–Kier alpha value is -0.163. The monoisotopic (exact) mass is 467 g/mol. The Morgan fingerprint density at radius 1 is 1.04 bits per heavy atom. The van der Waals surface area contributed by atoms with Gasteiger partial charge in [0.25, 0.3) is 0 Å². The molecule has 7 heteroatoms. The molecule has 0 fully saturated rings. The number of hydrogen-bond acceptors (Lipinski definition) is 1. The van der Waals surface area contributed by atoms with Crippen molar-refractivity contribution in [1.82, 2.24) is 4.98 Å². The van der Waals surface area contributed by atoms with Gasteiger partial charge in [0.05, 0.1) is 0 Å². The predicted octanol–water partition coefficient (Wildman–Crippen LogP) is 8.16. The van der Waals surface area contributed by atoms with E-state index in [1.54, 1.807) is 0 Å². The van der Waals surface area contributed by atoms with Crippen molar-refractivity contribution in [2.45, 2.75) is 95.9 Å². The first kappa shape index (κ1) is 25.9. The minimum Gasteiger partial charge on any atom is -0.481 e. The molecule has 0 bridgehead atoms. The van der Waals surface area contributed by atoms with Gasteiger partial charge in [-0.25, -0.2) is 0 Å². The van der Waals surface area contributed by atoms with Crippen molar-refractivity contribution in [3.63, 3.8) is 0 Å². The number of carboxylic acid groups (broad SMARTS) is 1. The van der Waals surface area contributed by atoms with Crippen LogP contribution in [-0.2, 0) is 4.79 Å². The third kappa shape index (κ3) is 12.4. The van der Waals surface area contributed by atoms with Gasteiger partial charge in [-0.1, -0.05) is 51.9 Å². The molecule has 1 aromatic rings. The SMILES string of the molecule is CCCCCC(c1ccc[nH]1)C(CCCCC[Si](Cl)(Cl)Cl)CCCCC(=O)O. The highest BCUT2D eigenvalue weighted by Crippen LogP contribution is 2.36. The first-order valence-electron chi connectivity index (χ1n) is 10.7. The van der Waals surface area contributed by atoms with Crippen LogP contribution in [0.4, 0.5) is 0 Å². The molecular formula is C21H36Cl3NO2Si. The van der Waals surface area contributed by atoms with Gasteiger partial charge in [-0.2, -0.15) is 0 Å². The van der Waals surface area contributed by atoms with Crippen molar-refractivity contribution in [2.24, 2.45) is 5.92 Å². The van der Waals surface area contributed by atoms with Gasteiger partial charge in [-0.05, 0) is 49.8 Å². The molecule has 162 valence electrons. The summed E-state index contributed by atoms with van der Waals surface area (Å²) in [6.45, 7) is 2.24. The van der Waals surface area contributed by atoms with E-state index < -0.39 is 12.0 Å². The van der Waals surface area contributed by atoms with Crippen molar-refractivity contribution in [1.29, 1.82) is 0 Å². The second-order valence-corrected chi connectivity index (χ2v) is 17.1. The van der Waals surface area contributed by atoms with Gasteiger partial charge in [-0.3, -0.25) is 4.79 Å². The van der Waals surface area contributed by atoms with E-state index in [9.17, 15) is 4.79 Å². The van der Waals surface area contributed by atoms with Gasteiger partial charge in [0, 0.05) is 24.2 Å². The molecule has 0 aliphatic rings. The molecule has 1 aromatic heterocycles. The molecule has 2 atom stereocenters. The topological polar surface area (TPSA) is 53.1 Å². The molecule has 0 spiro atoms. The Morgan fingerprint density at radius 3 is 2.29 bits per heavy atom. The Kier molecular flexibility index (Phi) is 13.6. The summed E-state index contributed by atoms with van der Waals surface area (Å²) in [4.78, 5) is 14.3. The molecular weight excluding hydrogens is 433 g/mol. The van der Waals surface area contributed by atoms with E-state index in [-0.39, 0.29) is 6.42 Å². The molecule has 2 unspecified atom stereocenters. The number of unbranched alkanes of at least 4 members (excludes halogenated alkanes) is 5. The van der Waals surface area contributed by atoms with E-state index >= 15 is 0 Å². The fraction of sp³-hybridized carbons (Fsp3) is 0.762. The number of hydrogen-bond donors (Lipinski definition) is 2. The summed E-state index contributed by atoms with van der Waals surface area (Å²) >= 11 is 18.0. The van der Waals surface area contributed by atoms with E-state index in [4.69, 9.17) is 38.3 Å². The first-order valence-corrected chi connectivity index (χ1v) is 16.0. The summed E-state index contributed by atoms with van der Waals surface area (Å²) in [6.07, 6.45) is 14.4. The molecule has 28 heavy (non-hydrogen) atoms. The second-order valence-electron chi connectivity index (χ2n) is 7.84. The maximum Gasteiger partial charge on any atom is 0.341 e. The van der Waals surface area contributed by atoms with Crippen molar-refractivity contribution < 1.29 is 9.90 Å². The summed E-state index contributed by atoms with van der Waals surface area (Å²) in [5.41, 5.74) is 1.33. The summed E-state index contributed by atoms with van der Waals surface area (Å²) in [6, 6.07) is 2.51. The molecule has 1 rings (SSSR count). The zero-order chi connectivity index (χ0) is 20.8. The van der Waals surface area contributed by atoms with Crippen LogP contribution in [0.5, 0.6) is 0 Å². The van der Waals surface area contributed by atoms with Crippen LogP contribution in [0.25, 0.3) is 0 Å². The predicted molar refractivity (Wildman–Crippen MR) is 124 cm³/mol. The number of nitrogens with one attached hydrogen (secondary N) is 1. The minimum absolute atomic E-state index is 0.267. The zero-order valence-electron chi connectivity index (χ0n) is 17.1. The van der Waals surface area contributed by atoms with Crippen LogP contribution in [-0.4, -0.2) is 22.1 Å². The van der Waals surface area contributed by atoms with E-state index in [2.05, 4.69) is 24.0 Å². The zero-order valence-corrected chi connectivity index (χ0v) is 20.3. The van der Waals surface area contributed by atoms with Gasteiger partial charge < -0.3 is 10.1 Å². The lowest BCUT2D eigenvalue weighted by atomic mass is 9.79. The van der Waals surface area contributed by atoms with Crippen molar-refractivity contribution in [3.05, 3.63) is 24.0 Å². The van der Waals surface area contributed by atoms with Gasteiger partial charge >= 0.3 is 12.0 Å². The lowest BCUT2D eigenvalue weighted by molar-refractivity contribution is -0.137. The van der Waals surface area contributed by atoms with Crippen LogP contribution < -0.4 is 0 Å². The Labute approximate surface area is 185 Å². The molecule has 0 saturated heterocycles. The molecule has 0 radical (unpaired) electrons. The lowest BCUT2D eigenvalue weighted by Crippen LogP contribution is -2.15. The molecule has 2 N–H and O–H groups in total. The van der Waals surface area contributed by atoms with Crippen molar-refractivity contribution in [2.75, 3.05) is 0 Å². The van der Waals surface area contributed by atoms with Crippen LogP contribution in [0.3, 0.4) is 0 Å². The van der Waals surface area contributed by atoms with E-state index in [1.165, 1.54) is 31.4 Å². The standard InChI is InChI=1S/C21H36Cl3NO2Si/c1-2-3-5-13-19(20-14-10-16-25-20)18(12-7-8-15-21(26)27)11-6-4-9-17-28(22,23)24/h10,14,16,18-19,25H,2-9,11-13,15,17H2,1H3,(H,26,27). The number of halogens is 3. The summed E-state index contributed by atoms with van der Waals surface area (Å²) < 4.78 is 0. The number of aromatic nitrogens is 1. The fourth-order valence-corrected chi connectivity index (χ4v) is 5.83. The van der Waals surface area contributed by atoms with E-state index in [0.29, 0.717) is 11.8 Å². The Balaban J connectivity index is 2.64. The smallest absolute Gasteiger partial charge is 0.341 e. The number of H-pyrrole nitrogens is 1. The quantitative estimate of drug-likeness (QED) is 0.138. The molecule has 0 aliphatic heterocycles. The number of aromatic amines is 1. The largest absolute Gasteiger partial charge is 0.481 e. The van der Waals surface area contributed by atoms with Gasteiger partial charge in [-0.15, -0.1) is 33.2 Å². The number of aliphatic carboxylic acids is 1.